The van der Waals surface area contributed by atoms with Crippen LogP contribution in [-0.4, -0.2) is 24.1 Å². The van der Waals surface area contributed by atoms with Crippen molar-refractivity contribution in [1.29, 1.82) is 0 Å². The monoisotopic (exact) mass is 332 g/mol. The molecule has 124 valence electrons. The number of allylic oxidation sites excluding steroid dienone is 1. The van der Waals surface area contributed by atoms with E-state index in [1.807, 2.05) is 42.5 Å². The zero-order valence-electron chi connectivity index (χ0n) is 13.4. The summed E-state index contributed by atoms with van der Waals surface area (Å²) in [5.74, 6) is 1.14. The maximum absolute atomic E-state index is 12.5. The lowest BCUT2D eigenvalue weighted by Gasteiger charge is -2.18. The van der Waals surface area contributed by atoms with E-state index >= 15 is 0 Å². The Balaban J connectivity index is 1.61. The molecule has 1 N–H and O–H groups in total. The molecule has 0 radical (unpaired) electrons. The molecule has 0 saturated carbocycles. The summed E-state index contributed by atoms with van der Waals surface area (Å²) in [6.45, 7) is 1.06. The van der Waals surface area contributed by atoms with Crippen LogP contribution in [0.1, 0.15) is 15.9 Å². The number of ether oxygens (including phenoxy) is 2. The number of benzene rings is 3. The molecule has 4 rings (SSSR count). The van der Waals surface area contributed by atoms with Gasteiger partial charge in [0, 0.05) is 5.39 Å². The van der Waals surface area contributed by atoms with Crippen molar-refractivity contribution in [2.75, 3.05) is 13.2 Å². The maximum Gasteiger partial charge on any atom is 0.189 e. The van der Waals surface area contributed by atoms with Gasteiger partial charge in [-0.3, -0.25) is 4.79 Å². The first-order valence-corrected chi connectivity index (χ1v) is 8.05. The van der Waals surface area contributed by atoms with E-state index in [2.05, 4.69) is 0 Å². The molecule has 0 bridgehead atoms. The molecule has 1 aliphatic rings. The largest absolute Gasteiger partial charge is 0.507 e. The first-order chi connectivity index (χ1) is 12.2. The fourth-order valence-corrected chi connectivity index (χ4v) is 2.88. The van der Waals surface area contributed by atoms with Crippen molar-refractivity contribution < 1.29 is 19.4 Å². The van der Waals surface area contributed by atoms with Gasteiger partial charge in [-0.2, -0.15) is 0 Å². The van der Waals surface area contributed by atoms with E-state index in [0.717, 1.165) is 10.9 Å². The molecule has 0 aliphatic carbocycles. The summed E-state index contributed by atoms with van der Waals surface area (Å²) in [7, 11) is 0. The Kier molecular flexibility index (Phi) is 3.86. The second-order valence-electron chi connectivity index (χ2n) is 5.78. The first kappa shape index (κ1) is 15.3. The lowest BCUT2D eigenvalue weighted by Crippen LogP contribution is -2.15. The third-order valence-electron chi connectivity index (χ3n) is 4.16. The average Bonchev–Trinajstić information content (AvgIpc) is 2.66. The van der Waals surface area contributed by atoms with E-state index in [1.54, 1.807) is 18.2 Å². The summed E-state index contributed by atoms with van der Waals surface area (Å²) in [6.07, 6.45) is 3.16. The maximum atomic E-state index is 12.5. The van der Waals surface area contributed by atoms with E-state index in [-0.39, 0.29) is 17.1 Å². The highest BCUT2D eigenvalue weighted by Crippen LogP contribution is 2.32. The Morgan fingerprint density at radius 2 is 1.76 bits per heavy atom. The molecule has 4 nitrogen and oxygen atoms in total. The molecule has 3 aromatic carbocycles. The predicted molar refractivity (Wildman–Crippen MR) is 96.4 cm³/mol. The molecule has 0 spiro atoms. The van der Waals surface area contributed by atoms with Gasteiger partial charge in [-0.05, 0) is 35.2 Å². The van der Waals surface area contributed by atoms with Crippen molar-refractivity contribution in [1.82, 2.24) is 0 Å². The minimum atomic E-state index is -0.252. The van der Waals surface area contributed by atoms with Gasteiger partial charge in [-0.1, -0.05) is 42.5 Å². The van der Waals surface area contributed by atoms with Crippen molar-refractivity contribution in [3.63, 3.8) is 0 Å². The summed E-state index contributed by atoms with van der Waals surface area (Å²) >= 11 is 0. The van der Waals surface area contributed by atoms with Crippen LogP contribution in [0.25, 0.3) is 16.8 Å². The topological polar surface area (TPSA) is 55.8 Å². The fourth-order valence-electron chi connectivity index (χ4n) is 2.88. The third kappa shape index (κ3) is 2.94. The molecule has 1 heterocycles. The Morgan fingerprint density at radius 1 is 0.960 bits per heavy atom. The molecule has 3 aromatic rings. The van der Waals surface area contributed by atoms with Crippen LogP contribution in [0.4, 0.5) is 0 Å². The SMILES string of the molecule is O=C(/C=C/c1ccc2c(c1)OCCO2)c1ccc2ccccc2c1O. The summed E-state index contributed by atoms with van der Waals surface area (Å²) < 4.78 is 11.0. The van der Waals surface area contributed by atoms with Gasteiger partial charge in [0.15, 0.2) is 17.3 Å². The molecular weight excluding hydrogens is 316 g/mol. The van der Waals surface area contributed by atoms with Crippen LogP contribution in [0.5, 0.6) is 17.2 Å². The zero-order valence-corrected chi connectivity index (χ0v) is 13.4. The minimum Gasteiger partial charge on any atom is -0.507 e. The van der Waals surface area contributed by atoms with Gasteiger partial charge in [0.25, 0.3) is 0 Å². The summed E-state index contributed by atoms with van der Waals surface area (Å²) in [4.78, 5) is 12.5. The number of rotatable bonds is 3. The summed E-state index contributed by atoms with van der Waals surface area (Å²) in [5, 5.41) is 11.9. The van der Waals surface area contributed by atoms with Crippen molar-refractivity contribution in [2.24, 2.45) is 0 Å². The normalized spacial score (nSPS) is 13.3. The van der Waals surface area contributed by atoms with Crippen molar-refractivity contribution in [3.05, 3.63) is 71.8 Å². The number of carbonyl (C=O) groups excluding carboxylic acids is 1. The number of carbonyl (C=O) groups is 1. The van der Waals surface area contributed by atoms with Gasteiger partial charge in [0.05, 0.1) is 5.56 Å². The van der Waals surface area contributed by atoms with E-state index in [4.69, 9.17) is 9.47 Å². The number of fused-ring (bicyclic) bond motifs is 2. The van der Waals surface area contributed by atoms with Gasteiger partial charge in [0.1, 0.15) is 19.0 Å². The van der Waals surface area contributed by atoms with Crippen LogP contribution in [-0.2, 0) is 0 Å². The number of hydrogen-bond donors (Lipinski definition) is 1. The van der Waals surface area contributed by atoms with Gasteiger partial charge < -0.3 is 14.6 Å². The number of phenolic OH excluding ortho intramolecular Hbond substituents is 1. The van der Waals surface area contributed by atoms with Gasteiger partial charge in [-0.25, -0.2) is 0 Å². The second-order valence-corrected chi connectivity index (χ2v) is 5.78. The molecule has 4 heteroatoms. The molecule has 0 aromatic heterocycles. The van der Waals surface area contributed by atoms with E-state index in [0.29, 0.717) is 30.1 Å². The van der Waals surface area contributed by atoms with E-state index in [9.17, 15) is 9.90 Å². The summed E-state index contributed by atoms with van der Waals surface area (Å²) in [5.41, 5.74) is 1.12. The third-order valence-corrected chi connectivity index (χ3v) is 4.16. The van der Waals surface area contributed by atoms with Crippen LogP contribution in [0.2, 0.25) is 0 Å². The Morgan fingerprint density at radius 3 is 2.64 bits per heavy atom. The Hall–Kier alpha value is -3.27. The van der Waals surface area contributed by atoms with Crippen molar-refractivity contribution in [3.8, 4) is 17.2 Å². The number of ketones is 1. The van der Waals surface area contributed by atoms with Gasteiger partial charge in [0.2, 0.25) is 0 Å². The molecular formula is C21H16O4. The van der Waals surface area contributed by atoms with Crippen LogP contribution >= 0.6 is 0 Å². The van der Waals surface area contributed by atoms with Crippen LogP contribution in [0, 0.1) is 0 Å². The number of aromatic hydroxyl groups is 1. The van der Waals surface area contributed by atoms with Gasteiger partial charge in [-0.15, -0.1) is 0 Å². The predicted octanol–water partition coefficient (Wildman–Crippen LogP) is 4.21. The molecule has 0 saturated heterocycles. The van der Waals surface area contributed by atoms with Crippen LogP contribution in [0.3, 0.4) is 0 Å². The number of hydrogen-bond acceptors (Lipinski definition) is 4. The highest BCUT2D eigenvalue weighted by atomic mass is 16.6. The lowest BCUT2D eigenvalue weighted by atomic mass is 10.0. The molecule has 1 aliphatic heterocycles. The van der Waals surface area contributed by atoms with Crippen LogP contribution < -0.4 is 9.47 Å². The Labute approximate surface area is 144 Å². The van der Waals surface area contributed by atoms with Crippen molar-refractivity contribution in [2.45, 2.75) is 0 Å². The summed E-state index contributed by atoms with van der Waals surface area (Å²) in [6, 6.07) is 16.4. The standard InChI is InChI=1S/C21H16O4/c22-18(17-8-7-15-3-1-2-4-16(15)21(17)23)9-5-14-6-10-19-20(13-14)25-12-11-24-19/h1-10,13,23H,11-12H2/b9-5+. The smallest absolute Gasteiger partial charge is 0.189 e. The molecule has 0 fully saturated rings. The first-order valence-electron chi connectivity index (χ1n) is 8.05. The lowest BCUT2D eigenvalue weighted by molar-refractivity contribution is 0.104. The molecule has 0 unspecified atom stereocenters. The average molecular weight is 332 g/mol. The second kappa shape index (κ2) is 6.32. The molecule has 0 amide bonds. The van der Waals surface area contributed by atoms with Gasteiger partial charge >= 0.3 is 0 Å². The van der Waals surface area contributed by atoms with E-state index in [1.165, 1.54) is 6.08 Å². The highest BCUT2D eigenvalue weighted by Gasteiger charge is 2.13. The van der Waals surface area contributed by atoms with Crippen molar-refractivity contribution >= 4 is 22.6 Å². The molecule has 0 atom stereocenters. The minimum absolute atomic E-state index is 0.00919. The fraction of sp³-hybridized carbons (Fsp3) is 0.0952. The van der Waals surface area contributed by atoms with Crippen LogP contribution in [0.15, 0.2) is 60.7 Å². The highest BCUT2D eigenvalue weighted by molar-refractivity contribution is 6.11. The zero-order chi connectivity index (χ0) is 17.2. The Bertz CT molecular complexity index is 988. The van der Waals surface area contributed by atoms with E-state index < -0.39 is 0 Å². The quantitative estimate of drug-likeness (QED) is 0.576. The molecule has 25 heavy (non-hydrogen) atoms. The number of phenols is 1.